The van der Waals surface area contributed by atoms with Gasteiger partial charge in [-0.3, -0.25) is 4.79 Å². The zero-order valence-corrected chi connectivity index (χ0v) is 19.0. The van der Waals surface area contributed by atoms with Crippen LogP contribution >= 0.6 is 34.4 Å². The molecular formula is C23H18N4OS3. The van der Waals surface area contributed by atoms with Gasteiger partial charge in [0.15, 0.2) is 10.3 Å². The number of aromatic nitrogens is 3. The topological polar surface area (TPSA) is 70.7 Å². The lowest BCUT2D eigenvalue weighted by Crippen LogP contribution is -2.08. The monoisotopic (exact) mass is 462 g/mol. The van der Waals surface area contributed by atoms with Crippen molar-refractivity contribution in [2.45, 2.75) is 17.8 Å². The first-order valence-corrected chi connectivity index (χ1v) is 12.4. The van der Waals surface area contributed by atoms with Crippen molar-refractivity contribution >= 4 is 55.5 Å². The molecular weight excluding hydrogens is 444 g/mol. The highest BCUT2D eigenvalue weighted by atomic mass is 32.2. The minimum Gasteiger partial charge on any atom is -0.332 e. The van der Waals surface area contributed by atoms with Gasteiger partial charge < -0.3 is 10.3 Å². The molecule has 31 heavy (non-hydrogen) atoms. The van der Waals surface area contributed by atoms with Crippen LogP contribution in [0.5, 0.6) is 0 Å². The summed E-state index contributed by atoms with van der Waals surface area (Å²) in [4.78, 5) is 25.8. The molecule has 0 atom stereocenters. The van der Waals surface area contributed by atoms with E-state index in [1.165, 1.54) is 28.7 Å². The molecule has 3 aromatic heterocycles. The predicted molar refractivity (Wildman–Crippen MR) is 132 cm³/mol. The molecule has 0 aliphatic carbocycles. The van der Waals surface area contributed by atoms with Crippen molar-refractivity contribution in [1.82, 2.24) is 15.0 Å². The van der Waals surface area contributed by atoms with Crippen LogP contribution in [-0.4, -0.2) is 15.0 Å². The summed E-state index contributed by atoms with van der Waals surface area (Å²) in [7, 11) is 0. The van der Waals surface area contributed by atoms with Crippen molar-refractivity contribution in [2.24, 2.45) is 0 Å². The lowest BCUT2D eigenvalue weighted by atomic mass is 10.1. The lowest BCUT2D eigenvalue weighted by Gasteiger charge is -2.03. The summed E-state index contributed by atoms with van der Waals surface area (Å²) in [5, 5.41) is 9.47. The van der Waals surface area contributed by atoms with Gasteiger partial charge in [-0.25, -0.2) is 9.97 Å². The molecule has 0 bridgehead atoms. The molecule has 5 aromatic rings. The van der Waals surface area contributed by atoms with E-state index in [4.69, 9.17) is 0 Å². The van der Waals surface area contributed by atoms with Crippen molar-refractivity contribution in [3.63, 3.8) is 0 Å². The van der Waals surface area contributed by atoms with E-state index in [1.54, 1.807) is 11.3 Å². The van der Waals surface area contributed by atoms with Crippen LogP contribution in [0.2, 0.25) is 0 Å². The van der Waals surface area contributed by atoms with Crippen molar-refractivity contribution in [3.05, 3.63) is 87.0 Å². The van der Waals surface area contributed by atoms with Crippen molar-refractivity contribution in [1.29, 1.82) is 0 Å². The smallest absolute Gasteiger partial charge is 0.260 e. The van der Waals surface area contributed by atoms with Crippen LogP contribution in [-0.2, 0) is 5.75 Å². The minimum absolute atomic E-state index is 0.104. The first kappa shape index (κ1) is 20.0. The Hall–Kier alpha value is -2.94. The molecule has 0 amide bonds. The Kier molecular flexibility index (Phi) is 5.59. The maximum atomic E-state index is 12.8. The largest absolute Gasteiger partial charge is 0.332 e. The van der Waals surface area contributed by atoms with E-state index in [-0.39, 0.29) is 5.56 Å². The normalized spacial score (nSPS) is 11.1. The Morgan fingerprint density at radius 3 is 2.61 bits per heavy atom. The summed E-state index contributed by atoms with van der Waals surface area (Å²) in [6, 6.07) is 18.1. The average molecular weight is 463 g/mol. The number of aromatic amines is 1. The van der Waals surface area contributed by atoms with Crippen molar-refractivity contribution in [3.8, 4) is 11.1 Å². The SMILES string of the molecule is Cc1ccc(Nc2nc(CSc3nc4scc(-c5ccccc5)c4c(=O)[nH]3)cs2)cc1. The molecule has 0 aliphatic rings. The highest BCUT2D eigenvalue weighted by Gasteiger charge is 2.13. The third kappa shape index (κ3) is 4.41. The maximum Gasteiger partial charge on any atom is 0.260 e. The molecule has 5 nitrogen and oxygen atoms in total. The Bertz CT molecular complexity index is 1390. The molecule has 0 fully saturated rings. The number of rotatable bonds is 6. The van der Waals surface area contributed by atoms with Crippen LogP contribution in [0.25, 0.3) is 21.3 Å². The second-order valence-corrected chi connectivity index (χ2v) is 9.67. The van der Waals surface area contributed by atoms with E-state index in [0.717, 1.165) is 32.5 Å². The van der Waals surface area contributed by atoms with Gasteiger partial charge in [0, 0.05) is 27.8 Å². The van der Waals surface area contributed by atoms with Crippen LogP contribution in [0.4, 0.5) is 10.8 Å². The number of nitrogens with zero attached hydrogens (tertiary/aromatic N) is 2. The number of anilines is 2. The molecule has 5 rings (SSSR count). The van der Waals surface area contributed by atoms with E-state index in [9.17, 15) is 4.79 Å². The molecule has 0 saturated heterocycles. The summed E-state index contributed by atoms with van der Waals surface area (Å²) in [5.74, 6) is 0.636. The van der Waals surface area contributed by atoms with E-state index in [1.807, 2.05) is 53.2 Å². The van der Waals surface area contributed by atoms with Gasteiger partial charge >= 0.3 is 0 Å². The van der Waals surface area contributed by atoms with Crippen LogP contribution in [0.3, 0.4) is 0 Å². The Morgan fingerprint density at radius 1 is 1.00 bits per heavy atom. The molecule has 2 N–H and O–H groups in total. The maximum absolute atomic E-state index is 12.8. The summed E-state index contributed by atoms with van der Waals surface area (Å²) in [6.07, 6.45) is 0. The van der Waals surface area contributed by atoms with Gasteiger partial charge in [0.05, 0.1) is 11.1 Å². The first-order chi connectivity index (χ1) is 15.2. The number of aryl methyl sites for hydroxylation is 1. The molecule has 154 valence electrons. The number of thiazole rings is 1. The van der Waals surface area contributed by atoms with Gasteiger partial charge in [0.1, 0.15) is 4.83 Å². The number of H-pyrrole nitrogens is 1. The van der Waals surface area contributed by atoms with Crippen molar-refractivity contribution < 1.29 is 0 Å². The number of nitrogens with one attached hydrogen (secondary N) is 2. The highest BCUT2D eigenvalue weighted by molar-refractivity contribution is 7.98. The zero-order valence-electron chi connectivity index (χ0n) is 16.6. The number of fused-ring (bicyclic) bond motifs is 1. The highest BCUT2D eigenvalue weighted by Crippen LogP contribution is 2.32. The van der Waals surface area contributed by atoms with Crippen molar-refractivity contribution in [2.75, 3.05) is 5.32 Å². The Labute approximate surface area is 191 Å². The average Bonchev–Trinajstić information content (AvgIpc) is 3.42. The molecule has 0 unspecified atom stereocenters. The molecule has 2 aromatic carbocycles. The van der Waals surface area contributed by atoms with Gasteiger partial charge in [-0.05, 0) is 24.6 Å². The fraction of sp³-hybridized carbons (Fsp3) is 0.0870. The third-order valence-corrected chi connectivity index (χ3v) is 7.30. The lowest BCUT2D eigenvalue weighted by molar-refractivity contribution is 0.978. The van der Waals surface area contributed by atoms with Gasteiger partial charge in [0.2, 0.25) is 0 Å². The van der Waals surface area contributed by atoms with Gasteiger partial charge in [0.25, 0.3) is 5.56 Å². The minimum atomic E-state index is -0.104. The summed E-state index contributed by atoms with van der Waals surface area (Å²) in [5.41, 5.74) is 5.04. The summed E-state index contributed by atoms with van der Waals surface area (Å²) in [6.45, 7) is 2.07. The molecule has 0 spiro atoms. The van der Waals surface area contributed by atoms with Crippen LogP contribution in [0.1, 0.15) is 11.3 Å². The predicted octanol–water partition coefficient (Wildman–Crippen LogP) is 6.45. The Morgan fingerprint density at radius 2 is 1.81 bits per heavy atom. The second-order valence-electron chi connectivity index (χ2n) is 6.99. The molecule has 8 heteroatoms. The number of thiophene rings is 1. The Balaban J connectivity index is 1.31. The second kappa shape index (κ2) is 8.66. The van der Waals surface area contributed by atoms with Crippen LogP contribution in [0.15, 0.2) is 75.3 Å². The van der Waals surface area contributed by atoms with E-state index < -0.39 is 0 Å². The first-order valence-electron chi connectivity index (χ1n) is 9.63. The molecule has 0 radical (unpaired) electrons. The number of thioether (sulfide) groups is 1. The van der Waals surface area contributed by atoms with Crippen LogP contribution < -0.4 is 10.9 Å². The van der Waals surface area contributed by atoms with Crippen LogP contribution in [0, 0.1) is 6.92 Å². The van der Waals surface area contributed by atoms with E-state index in [2.05, 4.69) is 39.3 Å². The number of hydrogen-bond acceptors (Lipinski definition) is 7. The fourth-order valence-corrected chi connectivity index (χ4v) is 5.76. The number of hydrogen-bond donors (Lipinski definition) is 2. The fourth-order valence-electron chi connectivity index (χ4n) is 3.16. The van der Waals surface area contributed by atoms with E-state index >= 15 is 0 Å². The summed E-state index contributed by atoms with van der Waals surface area (Å²) < 4.78 is 0. The quantitative estimate of drug-likeness (QED) is 0.224. The molecule has 3 heterocycles. The molecule has 0 saturated carbocycles. The number of benzene rings is 2. The van der Waals surface area contributed by atoms with E-state index in [0.29, 0.717) is 16.3 Å². The third-order valence-electron chi connectivity index (χ3n) is 4.72. The standard InChI is InChI=1S/C23H18N4OS3/c1-14-7-9-16(10-8-14)24-22-25-17(11-30-22)12-31-23-26-20(28)19-18(13-29-21(19)27-23)15-5-3-2-4-6-15/h2-11,13H,12H2,1H3,(H,24,25)(H,26,27,28). The molecule has 0 aliphatic heterocycles. The zero-order chi connectivity index (χ0) is 21.2. The van der Waals surface area contributed by atoms with Gasteiger partial charge in [-0.2, -0.15) is 0 Å². The van der Waals surface area contributed by atoms with Gasteiger partial charge in [-0.15, -0.1) is 22.7 Å². The van der Waals surface area contributed by atoms with Gasteiger partial charge in [-0.1, -0.05) is 59.8 Å². The summed E-state index contributed by atoms with van der Waals surface area (Å²) >= 11 is 4.55.